The fraction of sp³-hybridized carbons (Fsp3) is 0.167. The molecular weight excluding hydrogens is 254 g/mol. The van der Waals surface area contributed by atoms with E-state index in [1.165, 1.54) is 6.07 Å². The molecule has 1 amide bonds. The van der Waals surface area contributed by atoms with Crippen LogP contribution in [-0.4, -0.2) is 11.1 Å². The van der Waals surface area contributed by atoms with Crippen LogP contribution in [0.15, 0.2) is 28.8 Å². The van der Waals surface area contributed by atoms with Crippen LogP contribution in [0.4, 0.5) is 5.69 Å². The summed E-state index contributed by atoms with van der Waals surface area (Å²) in [6.07, 6.45) is 0. The third kappa shape index (κ3) is 2.81. The molecule has 0 radical (unpaired) electrons. The monoisotopic (exact) mass is 265 g/mol. The van der Waals surface area contributed by atoms with Crippen molar-refractivity contribution >= 4 is 23.2 Å². The van der Waals surface area contributed by atoms with E-state index in [4.69, 9.17) is 21.9 Å². The highest BCUT2D eigenvalue weighted by molar-refractivity contribution is 6.34. The fourth-order valence-corrected chi connectivity index (χ4v) is 1.68. The first kappa shape index (κ1) is 12.4. The molecular formula is C12H12ClN3O2. The first-order valence-corrected chi connectivity index (χ1v) is 5.69. The van der Waals surface area contributed by atoms with Crippen molar-refractivity contribution in [2.75, 3.05) is 5.73 Å². The molecule has 6 heteroatoms. The van der Waals surface area contributed by atoms with Gasteiger partial charge in [-0.05, 0) is 25.1 Å². The predicted octanol–water partition coefficient (Wildman–Crippen LogP) is 2.15. The normalized spacial score (nSPS) is 10.3. The maximum absolute atomic E-state index is 11.9. The highest BCUT2D eigenvalue weighted by Gasteiger charge is 2.11. The number of amides is 1. The molecule has 0 bridgehead atoms. The lowest BCUT2D eigenvalue weighted by molar-refractivity contribution is 0.0947. The molecule has 1 heterocycles. The number of halogens is 1. The summed E-state index contributed by atoms with van der Waals surface area (Å²) in [6, 6.07) is 6.51. The van der Waals surface area contributed by atoms with Gasteiger partial charge in [-0.15, -0.1) is 0 Å². The zero-order valence-corrected chi connectivity index (χ0v) is 10.5. The Morgan fingerprint density at radius 3 is 2.94 bits per heavy atom. The van der Waals surface area contributed by atoms with Crippen LogP contribution in [0.5, 0.6) is 0 Å². The largest absolute Gasteiger partial charge is 0.399 e. The minimum absolute atomic E-state index is 0.255. The van der Waals surface area contributed by atoms with Crippen LogP contribution in [0.3, 0.4) is 0 Å². The molecule has 0 spiro atoms. The number of nitrogen functional groups attached to an aromatic ring is 1. The zero-order valence-electron chi connectivity index (χ0n) is 9.74. The highest BCUT2D eigenvalue weighted by atomic mass is 35.5. The van der Waals surface area contributed by atoms with E-state index in [-0.39, 0.29) is 12.5 Å². The van der Waals surface area contributed by atoms with Crippen molar-refractivity contribution in [3.05, 3.63) is 46.3 Å². The molecule has 1 aromatic carbocycles. The summed E-state index contributed by atoms with van der Waals surface area (Å²) in [6.45, 7) is 2.06. The number of aromatic nitrogens is 1. The number of hydrogen-bond donors (Lipinski definition) is 2. The van der Waals surface area contributed by atoms with Gasteiger partial charge >= 0.3 is 0 Å². The zero-order chi connectivity index (χ0) is 13.1. The smallest absolute Gasteiger partial charge is 0.253 e. The van der Waals surface area contributed by atoms with E-state index >= 15 is 0 Å². The number of nitrogens with two attached hydrogens (primary N) is 1. The number of carbonyl (C=O) groups excluding carboxylic acids is 1. The lowest BCUT2D eigenvalue weighted by Crippen LogP contribution is -2.23. The van der Waals surface area contributed by atoms with Crippen molar-refractivity contribution in [3.8, 4) is 0 Å². The lowest BCUT2D eigenvalue weighted by Gasteiger charge is -2.05. The summed E-state index contributed by atoms with van der Waals surface area (Å²) < 4.78 is 4.98. The van der Waals surface area contributed by atoms with Crippen LogP contribution >= 0.6 is 11.6 Å². The minimum Gasteiger partial charge on any atom is -0.399 e. The van der Waals surface area contributed by atoms with Gasteiger partial charge < -0.3 is 15.6 Å². The molecule has 0 aliphatic rings. The van der Waals surface area contributed by atoms with Gasteiger partial charge in [0, 0.05) is 11.8 Å². The quantitative estimate of drug-likeness (QED) is 0.833. The lowest BCUT2D eigenvalue weighted by atomic mass is 10.2. The molecule has 5 nitrogen and oxygen atoms in total. The van der Waals surface area contributed by atoms with E-state index in [1.807, 2.05) is 6.92 Å². The number of rotatable bonds is 3. The minimum atomic E-state index is -0.304. The molecule has 0 saturated carbocycles. The summed E-state index contributed by atoms with van der Waals surface area (Å²) in [7, 11) is 0. The van der Waals surface area contributed by atoms with Gasteiger partial charge in [0.1, 0.15) is 0 Å². The second-order valence-corrected chi connectivity index (χ2v) is 4.26. The van der Waals surface area contributed by atoms with Crippen molar-refractivity contribution in [2.45, 2.75) is 13.5 Å². The Hall–Kier alpha value is -2.01. The number of carbonyl (C=O) groups is 1. The molecule has 18 heavy (non-hydrogen) atoms. The molecule has 0 fully saturated rings. The summed E-state index contributed by atoms with van der Waals surface area (Å²) in [5, 5.41) is 6.77. The van der Waals surface area contributed by atoms with Crippen molar-refractivity contribution in [3.63, 3.8) is 0 Å². The Balaban J connectivity index is 2.05. The Labute approximate surface area is 109 Å². The SMILES string of the molecule is Cc1cc(CNC(=O)c2cc(N)ccc2Cl)on1. The van der Waals surface area contributed by atoms with Crippen molar-refractivity contribution in [1.82, 2.24) is 10.5 Å². The van der Waals surface area contributed by atoms with Crippen molar-refractivity contribution < 1.29 is 9.32 Å². The maximum Gasteiger partial charge on any atom is 0.253 e. The van der Waals surface area contributed by atoms with E-state index in [0.717, 1.165) is 5.69 Å². The first-order chi connectivity index (χ1) is 8.56. The summed E-state index contributed by atoms with van der Waals surface area (Å²) in [5.41, 5.74) is 7.20. The van der Waals surface area contributed by atoms with Crippen LogP contribution in [0.25, 0.3) is 0 Å². The van der Waals surface area contributed by atoms with Crippen LogP contribution in [0.1, 0.15) is 21.8 Å². The average molecular weight is 266 g/mol. The number of nitrogens with zero attached hydrogens (tertiary/aromatic N) is 1. The van der Waals surface area contributed by atoms with Gasteiger partial charge in [-0.1, -0.05) is 16.8 Å². The number of anilines is 1. The first-order valence-electron chi connectivity index (χ1n) is 5.31. The maximum atomic E-state index is 11.9. The Morgan fingerprint density at radius 2 is 2.28 bits per heavy atom. The number of aryl methyl sites for hydroxylation is 1. The molecule has 94 valence electrons. The number of benzene rings is 1. The summed E-state index contributed by atoms with van der Waals surface area (Å²) in [5.74, 6) is 0.280. The van der Waals surface area contributed by atoms with Gasteiger partial charge in [-0.3, -0.25) is 4.79 Å². The van der Waals surface area contributed by atoms with E-state index < -0.39 is 0 Å². The van der Waals surface area contributed by atoms with Crippen LogP contribution < -0.4 is 11.1 Å². The van der Waals surface area contributed by atoms with Crippen LogP contribution in [-0.2, 0) is 6.54 Å². The van der Waals surface area contributed by atoms with E-state index in [9.17, 15) is 4.79 Å². The van der Waals surface area contributed by atoms with Crippen LogP contribution in [0, 0.1) is 6.92 Å². The molecule has 2 aromatic rings. The van der Waals surface area contributed by atoms with Gasteiger partial charge in [0.25, 0.3) is 5.91 Å². The van der Waals surface area contributed by atoms with Gasteiger partial charge in [0.05, 0.1) is 22.8 Å². The van der Waals surface area contributed by atoms with Gasteiger partial charge in [-0.2, -0.15) is 0 Å². The Bertz CT molecular complexity index is 580. The standard InChI is InChI=1S/C12H12ClN3O2/c1-7-4-9(18-16-7)6-15-12(17)10-5-8(14)2-3-11(10)13/h2-5H,6,14H2,1H3,(H,15,17). The molecule has 1 aromatic heterocycles. The van der Waals surface area contributed by atoms with Crippen molar-refractivity contribution in [1.29, 1.82) is 0 Å². The van der Waals surface area contributed by atoms with E-state index in [2.05, 4.69) is 10.5 Å². The second kappa shape index (κ2) is 5.10. The van der Waals surface area contributed by atoms with Gasteiger partial charge in [0.15, 0.2) is 5.76 Å². The molecule has 0 aliphatic heterocycles. The molecule has 0 unspecified atom stereocenters. The molecule has 0 aliphatic carbocycles. The number of hydrogen-bond acceptors (Lipinski definition) is 4. The topological polar surface area (TPSA) is 81.2 Å². The third-order valence-electron chi connectivity index (χ3n) is 2.33. The molecule has 0 atom stereocenters. The third-order valence-corrected chi connectivity index (χ3v) is 2.66. The molecule has 0 saturated heterocycles. The van der Waals surface area contributed by atoms with Gasteiger partial charge in [-0.25, -0.2) is 0 Å². The van der Waals surface area contributed by atoms with Crippen molar-refractivity contribution in [2.24, 2.45) is 0 Å². The predicted molar refractivity (Wildman–Crippen MR) is 68.3 cm³/mol. The average Bonchev–Trinajstić information content (AvgIpc) is 2.75. The molecule has 2 rings (SSSR count). The Kier molecular flexibility index (Phi) is 3.53. The highest BCUT2D eigenvalue weighted by Crippen LogP contribution is 2.18. The fourth-order valence-electron chi connectivity index (χ4n) is 1.48. The van der Waals surface area contributed by atoms with E-state index in [1.54, 1.807) is 18.2 Å². The Morgan fingerprint density at radius 1 is 1.50 bits per heavy atom. The summed E-state index contributed by atoms with van der Waals surface area (Å²) >= 11 is 5.92. The second-order valence-electron chi connectivity index (χ2n) is 3.86. The van der Waals surface area contributed by atoms with Crippen LogP contribution in [0.2, 0.25) is 5.02 Å². The molecule has 3 N–H and O–H groups in total. The number of nitrogens with one attached hydrogen (secondary N) is 1. The summed E-state index contributed by atoms with van der Waals surface area (Å²) in [4.78, 5) is 11.9. The van der Waals surface area contributed by atoms with E-state index in [0.29, 0.717) is 22.0 Å². The van der Waals surface area contributed by atoms with Gasteiger partial charge in [0.2, 0.25) is 0 Å².